The van der Waals surface area contributed by atoms with Crippen LogP contribution in [-0.2, 0) is 19.1 Å². The molecule has 0 radical (unpaired) electrons. The number of likely N-dealkylation sites (tertiary alicyclic amines) is 1. The highest BCUT2D eigenvalue weighted by Gasteiger charge is 2.47. The molecule has 1 aromatic rings. The van der Waals surface area contributed by atoms with Crippen LogP contribution >= 0.6 is 11.3 Å². The zero-order valence-electron chi connectivity index (χ0n) is 15.4. The molecule has 146 valence electrons. The molecule has 27 heavy (non-hydrogen) atoms. The Balaban J connectivity index is 1.56. The van der Waals surface area contributed by atoms with Crippen LogP contribution in [0.1, 0.15) is 54.4 Å². The van der Waals surface area contributed by atoms with Crippen LogP contribution in [0.2, 0.25) is 0 Å². The van der Waals surface area contributed by atoms with Gasteiger partial charge in [0.2, 0.25) is 17.7 Å². The summed E-state index contributed by atoms with van der Waals surface area (Å²) in [6.45, 7) is 3.72. The highest BCUT2D eigenvalue weighted by molar-refractivity contribution is 7.17. The number of nitrogens with zero attached hydrogens (tertiary/aromatic N) is 2. The molecule has 2 atom stereocenters. The van der Waals surface area contributed by atoms with Gasteiger partial charge in [-0.05, 0) is 26.7 Å². The van der Waals surface area contributed by atoms with Crippen molar-refractivity contribution in [3.8, 4) is 0 Å². The average Bonchev–Trinajstić information content (AvgIpc) is 3.12. The largest absolute Gasteiger partial charge is 0.462 e. The fourth-order valence-corrected chi connectivity index (χ4v) is 4.56. The predicted molar refractivity (Wildman–Crippen MR) is 98.2 cm³/mol. The minimum atomic E-state index is -0.469. The zero-order chi connectivity index (χ0) is 19.6. The Labute approximate surface area is 161 Å². The highest BCUT2D eigenvalue weighted by atomic mass is 32.1. The number of thiazole rings is 1. The molecule has 8 nitrogen and oxygen atoms in total. The molecule has 2 aliphatic rings. The fourth-order valence-electron chi connectivity index (χ4n) is 3.68. The molecule has 1 aliphatic heterocycles. The number of carbonyl (C=O) groups is 4. The number of hydrogen-bond acceptors (Lipinski definition) is 7. The zero-order valence-corrected chi connectivity index (χ0v) is 16.3. The molecule has 1 aromatic heterocycles. The number of esters is 1. The van der Waals surface area contributed by atoms with Gasteiger partial charge in [-0.15, -0.1) is 0 Å². The number of fused-ring (bicyclic) bond motifs is 1. The molecule has 2 unspecified atom stereocenters. The molecule has 1 saturated carbocycles. The maximum absolute atomic E-state index is 12.4. The first-order chi connectivity index (χ1) is 12.9. The Bertz CT molecular complexity index is 751. The van der Waals surface area contributed by atoms with Gasteiger partial charge in [0.15, 0.2) is 5.13 Å². The van der Waals surface area contributed by atoms with Crippen molar-refractivity contribution in [2.75, 3.05) is 18.5 Å². The van der Waals surface area contributed by atoms with Gasteiger partial charge in [-0.1, -0.05) is 24.2 Å². The van der Waals surface area contributed by atoms with Crippen molar-refractivity contribution in [2.24, 2.45) is 11.8 Å². The summed E-state index contributed by atoms with van der Waals surface area (Å²) >= 11 is 1.05. The molecular formula is C18H23N3O5S. The summed E-state index contributed by atoms with van der Waals surface area (Å²) in [5, 5.41) is 2.93. The molecular weight excluding hydrogens is 370 g/mol. The summed E-state index contributed by atoms with van der Waals surface area (Å²) in [6, 6.07) is 0. The molecule has 1 saturated heterocycles. The van der Waals surface area contributed by atoms with Crippen molar-refractivity contribution in [3.05, 3.63) is 10.6 Å². The van der Waals surface area contributed by atoms with Gasteiger partial charge in [0, 0.05) is 13.0 Å². The van der Waals surface area contributed by atoms with Gasteiger partial charge in [-0.3, -0.25) is 19.3 Å². The van der Waals surface area contributed by atoms with Crippen LogP contribution in [0.25, 0.3) is 0 Å². The van der Waals surface area contributed by atoms with Gasteiger partial charge in [0.25, 0.3) is 0 Å². The average molecular weight is 393 g/mol. The third kappa shape index (κ3) is 4.02. The van der Waals surface area contributed by atoms with Crippen LogP contribution in [0.3, 0.4) is 0 Å². The summed E-state index contributed by atoms with van der Waals surface area (Å²) in [5.41, 5.74) is 0.489. The van der Waals surface area contributed by atoms with E-state index in [1.807, 2.05) is 0 Å². The molecule has 1 aliphatic carbocycles. The van der Waals surface area contributed by atoms with E-state index in [1.165, 1.54) is 4.90 Å². The molecule has 1 N–H and O–H groups in total. The van der Waals surface area contributed by atoms with E-state index in [1.54, 1.807) is 13.8 Å². The highest BCUT2D eigenvalue weighted by Crippen LogP contribution is 2.38. The number of nitrogens with one attached hydrogen (secondary N) is 1. The monoisotopic (exact) mass is 393 g/mol. The molecule has 0 aromatic carbocycles. The lowest BCUT2D eigenvalue weighted by Gasteiger charge is -2.19. The summed E-state index contributed by atoms with van der Waals surface area (Å²) in [6.07, 6.45) is 3.46. The summed E-state index contributed by atoms with van der Waals surface area (Å²) in [7, 11) is 0. The number of amides is 3. The van der Waals surface area contributed by atoms with Crippen molar-refractivity contribution < 1.29 is 23.9 Å². The van der Waals surface area contributed by atoms with Gasteiger partial charge in [-0.2, -0.15) is 0 Å². The topological polar surface area (TPSA) is 106 Å². The Morgan fingerprint density at radius 3 is 2.44 bits per heavy atom. The molecule has 9 heteroatoms. The number of hydrogen-bond donors (Lipinski definition) is 1. The molecule has 3 rings (SSSR count). The van der Waals surface area contributed by atoms with Crippen molar-refractivity contribution in [3.63, 3.8) is 0 Å². The van der Waals surface area contributed by atoms with Crippen LogP contribution in [-0.4, -0.2) is 46.7 Å². The normalized spacial score (nSPS) is 21.9. The van der Waals surface area contributed by atoms with E-state index in [2.05, 4.69) is 10.3 Å². The Morgan fingerprint density at radius 2 is 1.85 bits per heavy atom. The fraction of sp³-hybridized carbons (Fsp3) is 0.611. The molecule has 2 fully saturated rings. The summed E-state index contributed by atoms with van der Waals surface area (Å²) < 4.78 is 4.95. The van der Waals surface area contributed by atoms with Crippen LogP contribution < -0.4 is 5.32 Å². The number of imide groups is 1. The predicted octanol–water partition coefficient (Wildman–Crippen LogP) is 2.13. The third-order valence-corrected chi connectivity index (χ3v) is 6.05. The van der Waals surface area contributed by atoms with Crippen molar-refractivity contribution in [1.82, 2.24) is 9.88 Å². The molecule has 0 bridgehead atoms. The smallest absolute Gasteiger partial charge is 0.350 e. The van der Waals surface area contributed by atoms with Crippen molar-refractivity contribution in [2.45, 2.75) is 46.0 Å². The van der Waals surface area contributed by atoms with Crippen molar-refractivity contribution >= 4 is 40.2 Å². The number of ether oxygens (including phenoxy) is 1. The summed E-state index contributed by atoms with van der Waals surface area (Å²) in [4.78, 5) is 54.6. The molecule has 0 spiro atoms. The Hall–Kier alpha value is -2.29. The second-order valence-electron chi connectivity index (χ2n) is 6.78. The second-order valence-corrected chi connectivity index (χ2v) is 7.78. The molecule has 2 heterocycles. The van der Waals surface area contributed by atoms with E-state index in [0.717, 1.165) is 37.0 Å². The Morgan fingerprint density at radius 1 is 1.22 bits per heavy atom. The maximum Gasteiger partial charge on any atom is 0.350 e. The minimum absolute atomic E-state index is 0.00425. The molecule has 3 amide bonds. The van der Waals surface area contributed by atoms with Gasteiger partial charge in [0.05, 0.1) is 24.1 Å². The number of aryl methyl sites for hydroxylation is 1. The number of aromatic nitrogens is 1. The SMILES string of the molecule is CCOC(=O)c1sc(NC(=O)CCN2C(=O)C3CCCCC3C2=O)nc1C. The van der Waals surface area contributed by atoms with E-state index >= 15 is 0 Å². The number of carbonyl (C=O) groups excluding carboxylic acids is 4. The van der Waals surface area contributed by atoms with E-state index in [9.17, 15) is 19.2 Å². The van der Waals surface area contributed by atoms with Crippen LogP contribution in [0, 0.1) is 18.8 Å². The standard InChI is InChI=1S/C18H23N3O5S/c1-3-26-17(25)14-10(2)19-18(27-14)20-13(22)8-9-21-15(23)11-6-4-5-7-12(11)16(21)24/h11-12H,3-9H2,1-2H3,(H,19,20,22). The third-order valence-electron chi connectivity index (χ3n) is 5.00. The quantitative estimate of drug-likeness (QED) is 0.586. The van der Waals surface area contributed by atoms with Gasteiger partial charge < -0.3 is 10.1 Å². The van der Waals surface area contributed by atoms with Gasteiger partial charge in [0.1, 0.15) is 4.88 Å². The maximum atomic E-state index is 12.4. The second kappa shape index (κ2) is 8.16. The lowest BCUT2D eigenvalue weighted by Crippen LogP contribution is -2.34. The van der Waals surface area contributed by atoms with Gasteiger partial charge in [-0.25, -0.2) is 9.78 Å². The van der Waals surface area contributed by atoms with E-state index in [4.69, 9.17) is 4.74 Å². The van der Waals surface area contributed by atoms with E-state index in [0.29, 0.717) is 15.7 Å². The van der Waals surface area contributed by atoms with Crippen LogP contribution in [0.5, 0.6) is 0 Å². The van der Waals surface area contributed by atoms with Crippen LogP contribution in [0.15, 0.2) is 0 Å². The van der Waals surface area contributed by atoms with Gasteiger partial charge >= 0.3 is 5.97 Å². The number of rotatable bonds is 6. The van der Waals surface area contributed by atoms with Crippen LogP contribution in [0.4, 0.5) is 5.13 Å². The summed E-state index contributed by atoms with van der Waals surface area (Å²) in [5.74, 6) is -1.52. The van der Waals surface area contributed by atoms with E-state index < -0.39 is 5.97 Å². The first-order valence-corrected chi connectivity index (χ1v) is 10.0. The minimum Gasteiger partial charge on any atom is -0.462 e. The first-order valence-electron chi connectivity index (χ1n) is 9.22. The first kappa shape index (κ1) is 19.5. The Kier molecular flexibility index (Phi) is 5.88. The van der Waals surface area contributed by atoms with Crippen molar-refractivity contribution in [1.29, 1.82) is 0 Å². The van der Waals surface area contributed by atoms with E-state index in [-0.39, 0.29) is 49.1 Å². The number of anilines is 1. The lowest BCUT2D eigenvalue weighted by molar-refractivity contribution is -0.140. The lowest BCUT2D eigenvalue weighted by atomic mass is 9.81.